The minimum Gasteiger partial charge on any atom is -0.430 e. The molecule has 1 heterocycles. The van der Waals surface area contributed by atoms with Gasteiger partial charge in [-0.05, 0) is 0 Å². The van der Waals surface area contributed by atoms with E-state index in [1.165, 1.54) is 0 Å². The molecule has 0 aliphatic carbocycles. The lowest BCUT2D eigenvalue weighted by Gasteiger charge is -1.96. The first-order valence-electron chi connectivity index (χ1n) is 2.27. The smallest absolute Gasteiger partial charge is 0.430 e. The van der Waals surface area contributed by atoms with Gasteiger partial charge in [0.05, 0.1) is 0 Å². The Morgan fingerprint density at radius 1 is 1.88 bits per heavy atom. The Hall–Kier alpha value is -0.380. The Morgan fingerprint density at radius 3 is 2.88 bits per heavy atom. The zero-order valence-electron chi connectivity index (χ0n) is 4.16. The molecule has 0 N–H and O–H groups in total. The van der Waals surface area contributed by atoms with E-state index in [2.05, 4.69) is 22.1 Å². The maximum absolute atomic E-state index is 10.1. The number of hydrogen-bond donors (Lipinski definition) is 1. The molecule has 3 nitrogen and oxygen atoms in total. The second-order valence-corrected chi connectivity index (χ2v) is 1.85. The Bertz CT molecular complexity index is 103. The first-order valence-corrected chi connectivity index (χ1v) is 2.90. The molecule has 1 fully saturated rings. The molecule has 1 aliphatic rings. The van der Waals surface area contributed by atoms with Crippen molar-refractivity contribution < 1.29 is 14.3 Å². The molecule has 1 atom stereocenters. The summed E-state index contributed by atoms with van der Waals surface area (Å²) >= 11 is 3.90. The van der Waals surface area contributed by atoms with Gasteiger partial charge >= 0.3 is 6.16 Å². The number of hydrogen-bond acceptors (Lipinski definition) is 4. The summed E-state index contributed by atoms with van der Waals surface area (Å²) in [6, 6.07) is 0. The molecular weight excluding hydrogens is 128 g/mol. The van der Waals surface area contributed by atoms with E-state index in [1.54, 1.807) is 0 Å². The third-order valence-electron chi connectivity index (χ3n) is 0.854. The summed E-state index contributed by atoms with van der Waals surface area (Å²) in [5.74, 6) is 0.533. The highest BCUT2D eigenvalue weighted by Crippen LogP contribution is 2.06. The molecule has 0 aromatic carbocycles. The van der Waals surface area contributed by atoms with Crippen LogP contribution in [0.5, 0.6) is 0 Å². The summed E-state index contributed by atoms with van der Waals surface area (Å²) in [5.41, 5.74) is 0. The van der Waals surface area contributed by atoms with E-state index >= 15 is 0 Å². The summed E-state index contributed by atoms with van der Waals surface area (Å²) in [4.78, 5) is 10.1. The second kappa shape index (κ2) is 2.26. The van der Waals surface area contributed by atoms with E-state index in [4.69, 9.17) is 0 Å². The van der Waals surface area contributed by atoms with Gasteiger partial charge < -0.3 is 9.47 Å². The van der Waals surface area contributed by atoms with Crippen molar-refractivity contribution in [3.63, 3.8) is 0 Å². The quantitative estimate of drug-likeness (QED) is 0.418. The van der Waals surface area contributed by atoms with Gasteiger partial charge in [-0.25, -0.2) is 4.79 Å². The molecule has 0 aromatic heterocycles. The fourth-order valence-electron chi connectivity index (χ4n) is 0.455. The van der Waals surface area contributed by atoms with E-state index in [-0.39, 0.29) is 6.10 Å². The van der Waals surface area contributed by atoms with Crippen molar-refractivity contribution in [2.24, 2.45) is 0 Å². The van der Waals surface area contributed by atoms with Gasteiger partial charge in [-0.1, -0.05) is 0 Å². The maximum Gasteiger partial charge on any atom is 0.508 e. The van der Waals surface area contributed by atoms with Gasteiger partial charge in [0.25, 0.3) is 0 Å². The van der Waals surface area contributed by atoms with Crippen LogP contribution in [-0.2, 0) is 9.47 Å². The van der Waals surface area contributed by atoms with E-state index in [0.717, 1.165) is 0 Å². The fourth-order valence-corrected chi connectivity index (χ4v) is 0.635. The van der Waals surface area contributed by atoms with Crippen molar-refractivity contribution in [2.45, 2.75) is 6.10 Å². The van der Waals surface area contributed by atoms with Gasteiger partial charge in [0.15, 0.2) is 0 Å². The van der Waals surface area contributed by atoms with Crippen LogP contribution < -0.4 is 0 Å². The normalized spacial score (nSPS) is 27.1. The lowest BCUT2D eigenvalue weighted by atomic mass is 10.4. The molecular formula is C4H6O3S. The number of rotatable bonds is 1. The van der Waals surface area contributed by atoms with Gasteiger partial charge in [0.2, 0.25) is 0 Å². The van der Waals surface area contributed by atoms with E-state index < -0.39 is 6.16 Å². The van der Waals surface area contributed by atoms with Gasteiger partial charge in [0, 0.05) is 5.75 Å². The molecule has 46 valence electrons. The lowest BCUT2D eigenvalue weighted by molar-refractivity contribution is 0.122. The summed E-state index contributed by atoms with van der Waals surface area (Å²) in [5, 5.41) is 0. The monoisotopic (exact) mass is 134 g/mol. The van der Waals surface area contributed by atoms with E-state index in [1.807, 2.05) is 0 Å². The van der Waals surface area contributed by atoms with Crippen LogP contribution in [0.1, 0.15) is 0 Å². The minimum absolute atomic E-state index is 0.133. The highest BCUT2D eigenvalue weighted by Gasteiger charge is 2.22. The van der Waals surface area contributed by atoms with Crippen LogP contribution in [0.4, 0.5) is 4.79 Å². The molecule has 1 saturated heterocycles. The predicted molar refractivity (Wildman–Crippen MR) is 30.1 cm³/mol. The average molecular weight is 134 g/mol. The molecule has 8 heavy (non-hydrogen) atoms. The molecule has 1 aliphatic heterocycles. The van der Waals surface area contributed by atoms with Crippen molar-refractivity contribution in [1.82, 2.24) is 0 Å². The zero-order valence-corrected chi connectivity index (χ0v) is 5.06. The highest BCUT2D eigenvalue weighted by molar-refractivity contribution is 7.80. The van der Waals surface area contributed by atoms with Crippen LogP contribution in [0, 0.1) is 0 Å². The zero-order chi connectivity index (χ0) is 5.98. The standard InChI is InChI=1S/C4H6O3S/c5-4-6-1-3(2-8)7-4/h3,8H,1-2H2. The minimum atomic E-state index is -0.580. The number of ether oxygens (including phenoxy) is 2. The second-order valence-electron chi connectivity index (χ2n) is 1.48. The van der Waals surface area contributed by atoms with Crippen LogP contribution in [0.25, 0.3) is 0 Å². The topological polar surface area (TPSA) is 35.5 Å². The van der Waals surface area contributed by atoms with Crippen LogP contribution >= 0.6 is 12.6 Å². The van der Waals surface area contributed by atoms with Gasteiger partial charge in [-0.3, -0.25) is 0 Å². The number of carbonyl (C=O) groups excluding carboxylic acids is 1. The third kappa shape index (κ3) is 1.06. The molecule has 0 saturated carbocycles. The number of thiol groups is 1. The Kier molecular flexibility index (Phi) is 1.62. The molecule has 0 radical (unpaired) electrons. The molecule has 0 amide bonds. The average Bonchev–Trinajstić information content (AvgIpc) is 2.14. The predicted octanol–water partition coefficient (Wildman–Crippen LogP) is 0.452. The van der Waals surface area contributed by atoms with Gasteiger partial charge in [0.1, 0.15) is 12.7 Å². The Morgan fingerprint density at radius 2 is 2.62 bits per heavy atom. The van der Waals surface area contributed by atoms with Gasteiger partial charge in [-0.2, -0.15) is 12.6 Å². The number of carbonyl (C=O) groups is 1. The lowest BCUT2D eigenvalue weighted by Crippen LogP contribution is -2.10. The van der Waals surface area contributed by atoms with E-state index in [0.29, 0.717) is 12.4 Å². The highest BCUT2D eigenvalue weighted by atomic mass is 32.1. The molecule has 0 aromatic rings. The van der Waals surface area contributed by atoms with Crippen LogP contribution in [0.15, 0.2) is 0 Å². The number of cyclic esters (lactones) is 2. The summed E-state index contributed by atoms with van der Waals surface area (Å²) in [7, 11) is 0. The molecule has 4 heteroatoms. The first kappa shape index (κ1) is 5.75. The Balaban J connectivity index is 2.32. The molecule has 1 unspecified atom stereocenters. The van der Waals surface area contributed by atoms with Gasteiger partial charge in [-0.15, -0.1) is 0 Å². The van der Waals surface area contributed by atoms with Crippen molar-refractivity contribution in [1.29, 1.82) is 0 Å². The van der Waals surface area contributed by atoms with E-state index in [9.17, 15) is 4.79 Å². The third-order valence-corrected chi connectivity index (χ3v) is 1.26. The van der Waals surface area contributed by atoms with Crippen molar-refractivity contribution in [3.8, 4) is 0 Å². The van der Waals surface area contributed by atoms with Crippen molar-refractivity contribution in [2.75, 3.05) is 12.4 Å². The van der Waals surface area contributed by atoms with Crippen molar-refractivity contribution >= 4 is 18.8 Å². The molecule has 0 spiro atoms. The van der Waals surface area contributed by atoms with Crippen LogP contribution in [0.2, 0.25) is 0 Å². The fraction of sp³-hybridized carbons (Fsp3) is 0.750. The first-order chi connectivity index (χ1) is 3.83. The largest absolute Gasteiger partial charge is 0.508 e. The van der Waals surface area contributed by atoms with Crippen molar-refractivity contribution in [3.05, 3.63) is 0 Å². The van der Waals surface area contributed by atoms with Crippen LogP contribution in [0.3, 0.4) is 0 Å². The SMILES string of the molecule is O=C1OCC(CS)O1. The maximum atomic E-state index is 10.1. The molecule has 1 rings (SSSR count). The summed E-state index contributed by atoms with van der Waals surface area (Å²) < 4.78 is 9.02. The summed E-state index contributed by atoms with van der Waals surface area (Å²) in [6.07, 6.45) is -0.713. The Labute approximate surface area is 52.4 Å². The van der Waals surface area contributed by atoms with Crippen LogP contribution in [-0.4, -0.2) is 24.6 Å². The molecule has 0 bridgehead atoms. The summed E-state index contributed by atoms with van der Waals surface area (Å²) in [6.45, 7) is 0.350.